The van der Waals surface area contributed by atoms with Gasteiger partial charge in [-0.15, -0.1) is 0 Å². The lowest BCUT2D eigenvalue weighted by Crippen LogP contribution is -2.37. The van der Waals surface area contributed by atoms with Gasteiger partial charge in [-0.2, -0.15) is 0 Å². The van der Waals surface area contributed by atoms with Crippen molar-refractivity contribution in [2.45, 2.75) is 0 Å². The van der Waals surface area contributed by atoms with Crippen molar-refractivity contribution in [1.29, 1.82) is 0 Å². The molecular formula is C24H19BO4. The summed E-state index contributed by atoms with van der Waals surface area (Å²) >= 11 is 0. The van der Waals surface area contributed by atoms with Crippen molar-refractivity contribution < 1.29 is 18.7 Å². The molecule has 0 bridgehead atoms. The smallest absolute Gasteiger partial charge is 0.490 e. The second kappa shape index (κ2) is 9.37. The number of rotatable bonds is 8. The summed E-state index contributed by atoms with van der Waals surface area (Å²) in [5.41, 5.74) is 0. The fourth-order valence-corrected chi connectivity index (χ4v) is 2.64. The maximum absolute atomic E-state index is 6.06. The largest absolute Gasteiger partial charge is 0.864 e. The van der Waals surface area contributed by atoms with E-state index in [-0.39, 0.29) is 0 Å². The first-order chi connectivity index (χ1) is 14.4. The third kappa shape index (κ3) is 5.33. The second-order valence-electron chi connectivity index (χ2n) is 6.13. The SMILES string of the molecule is c1ccc(OB(Oc2ccccc2)Oc2ccccc2Oc2ccccc2)cc1. The van der Waals surface area contributed by atoms with Crippen molar-refractivity contribution >= 4 is 7.32 Å². The van der Waals surface area contributed by atoms with Crippen LogP contribution in [0.25, 0.3) is 0 Å². The molecule has 0 aromatic heterocycles. The van der Waals surface area contributed by atoms with E-state index in [4.69, 9.17) is 18.7 Å². The molecule has 0 aliphatic carbocycles. The van der Waals surface area contributed by atoms with E-state index in [1.165, 1.54) is 0 Å². The minimum Gasteiger partial charge on any atom is -0.490 e. The Morgan fingerprint density at radius 3 is 1.31 bits per heavy atom. The van der Waals surface area contributed by atoms with Crippen LogP contribution in [0.4, 0.5) is 0 Å². The lowest BCUT2D eigenvalue weighted by molar-refractivity contribution is 0.300. The van der Waals surface area contributed by atoms with E-state index in [0.717, 1.165) is 0 Å². The van der Waals surface area contributed by atoms with Crippen LogP contribution in [0, 0.1) is 0 Å². The molecule has 0 saturated carbocycles. The highest BCUT2D eigenvalue weighted by Gasteiger charge is 2.31. The average Bonchev–Trinajstić information content (AvgIpc) is 2.77. The highest BCUT2D eigenvalue weighted by Crippen LogP contribution is 2.32. The van der Waals surface area contributed by atoms with Crippen molar-refractivity contribution in [3.05, 3.63) is 115 Å². The molecule has 0 spiro atoms. The van der Waals surface area contributed by atoms with Gasteiger partial charge in [-0.05, 0) is 48.5 Å². The standard InChI is InChI=1S/C24H19BO4/c1-4-12-20(13-5-1)26-23-18-10-11-19-24(23)29-25(27-21-14-6-2-7-15-21)28-22-16-8-3-9-17-22/h1-19H. The molecule has 4 rings (SSSR count). The van der Waals surface area contributed by atoms with Gasteiger partial charge < -0.3 is 18.7 Å². The van der Waals surface area contributed by atoms with Gasteiger partial charge in [0.1, 0.15) is 23.0 Å². The highest BCUT2D eigenvalue weighted by atomic mass is 16.7. The van der Waals surface area contributed by atoms with E-state index in [1.54, 1.807) is 0 Å². The molecule has 0 radical (unpaired) electrons. The predicted molar refractivity (Wildman–Crippen MR) is 113 cm³/mol. The summed E-state index contributed by atoms with van der Waals surface area (Å²) in [6, 6.07) is 35.7. The molecule has 0 unspecified atom stereocenters. The van der Waals surface area contributed by atoms with Crippen LogP contribution >= 0.6 is 0 Å². The van der Waals surface area contributed by atoms with Crippen LogP contribution in [0.15, 0.2) is 115 Å². The second-order valence-corrected chi connectivity index (χ2v) is 6.13. The minimum atomic E-state index is -1.000. The predicted octanol–water partition coefficient (Wildman–Crippen LogP) is 6.00. The minimum absolute atomic E-state index is 0.508. The lowest BCUT2D eigenvalue weighted by Gasteiger charge is -2.18. The normalized spacial score (nSPS) is 10.1. The summed E-state index contributed by atoms with van der Waals surface area (Å²) in [6.45, 7) is 0. The summed E-state index contributed by atoms with van der Waals surface area (Å²) in [7, 11) is -1.000. The van der Waals surface area contributed by atoms with Crippen LogP contribution in [0.2, 0.25) is 0 Å². The molecule has 4 aromatic carbocycles. The number of hydrogen-bond donors (Lipinski definition) is 0. The van der Waals surface area contributed by atoms with E-state index in [2.05, 4.69) is 0 Å². The van der Waals surface area contributed by atoms with Crippen LogP contribution < -0.4 is 18.7 Å². The van der Waals surface area contributed by atoms with E-state index >= 15 is 0 Å². The molecule has 0 aliphatic rings. The Balaban J connectivity index is 1.57. The Labute approximate surface area is 170 Å². The van der Waals surface area contributed by atoms with E-state index in [1.807, 2.05) is 115 Å². The van der Waals surface area contributed by atoms with Crippen LogP contribution in [0.5, 0.6) is 28.7 Å². The Morgan fingerprint density at radius 2 is 0.793 bits per heavy atom. The van der Waals surface area contributed by atoms with Gasteiger partial charge in [0.15, 0.2) is 5.75 Å². The zero-order valence-corrected chi connectivity index (χ0v) is 15.7. The van der Waals surface area contributed by atoms with Crippen molar-refractivity contribution in [2.75, 3.05) is 0 Å². The van der Waals surface area contributed by atoms with E-state index in [9.17, 15) is 0 Å². The summed E-state index contributed by atoms with van der Waals surface area (Å²) in [6.07, 6.45) is 0. The van der Waals surface area contributed by atoms with E-state index in [0.29, 0.717) is 28.7 Å². The molecule has 0 N–H and O–H groups in total. The Bertz CT molecular complexity index is 969. The molecule has 0 amide bonds. The molecule has 29 heavy (non-hydrogen) atoms. The summed E-state index contributed by atoms with van der Waals surface area (Å²) in [5.74, 6) is 3.06. The highest BCUT2D eigenvalue weighted by molar-refractivity contribution is 6.39. The molecule has 0 aliphatic heterocycles. The topological polar surface area (TPSA) is 36.9 Å². The molecule has 5 heteroatoms. The third-order valence-electron chi connectivity index (χ3n) is 3.99. The van der Waals surface area contributed by atoms with Crippen molar-refractivity contribution in [2.24, 2.45) is 0 Å². The van der Waals surface area contributed by atoms with Crippen molar-refractivity contribution in [3.63, 3.8) is 0 Å². The van der Waals surface area contributed by atoms with Crippen molar-refractivity contribution in [1.82, 2.24) is 0 Å². The van der Waals surface area contributed by atoms with Gasteiger partial charge in [0.2, 0.25) is 0 Å². The van der Waals surface area contributed by atoms with E-state index < -0.39 is 7.32 Å². The monoisotopic (exact) mass is 382 g/mol. The van der Waals surface area contributed by atoms with Gasteiger partial charge in [-0.3, -0.25) is 0 Å². The first-order valence-corrected chi connectivity index (χ1v) is 9.29. The molecule has 0 fully saturated rings. The first-order valence-electron chi connectivity index (χ1n) is 9.29. The molecule has 0 atom stereocenters. The number of ether oxygens (including phenoxy) is 1. The van der Waals surface area contributed by atoms with Gasteiger partial charge in [-0.25, -0.2) is 0 Å². The van der Waals surface area contributed by atoms with Crippen molar-refractivity contribution in [3.8, 4) is 28.7 Å². The zero-order valence-electron chi connectivity index (χ0n) is 15.7. The quantitative estimate of drug-likeness (QED) is 0.350. The summed E-state index contributed by atoms with van der Waals surface area (Å²) in [4.78, 5) is 0. The Kier molecular flexibility index (Phi) is 5.98. The Hall–Kier alpha value is -3.86. The zero-order chi connectivity index (χ0) is 19.7. The van der Waals surface area contributed by atoms with Crippen LogP contribution in [0.3, 0.4) is 0 Å². The lowest BCUT2D eigenvalue weighted by atomic mass is 10.2. The molecule has 0 heterocycles. The summed E-state index contributed by atoms with van der Waals surface area (Å²) in [5, 5.41) is 0. The molecule has 4 nitrogen and oxygen atoms in total. The fourth-order valence-electron chi connectivity index (χ4n) is 2.64. The molecular weight excluding hydrogens is 363 g/mol. The fraction of sp³-hybridized carbons (Fsp3) is 0. The maximum Gasteiger partial charge on any atom is 0.864 e. The van der Waals surface area contributed by atoms with Crippen LogP contribution in [-0.4, -0.2) is 7.32 Å². The summed E-state index contributed by atoms with van der Waals surface area (Å²) < 4.78 is 23.9. The van der Waals surface area contributed by atoms with Gasteiger partial charge in [0.05, 0.1) is 0 Å². The Morgan fingerprint density at radius 1 is 0.379 bits per heavy atom. The number of para-hydroxylation sites is 5. The first kappa shape index (κ1) is 18.5. The van der Waals surface area contributed by atoms with Gasteiger partial charge >= 0.3 is 7.32 Å². The number of hydrogen-bond acceptors (Lipinski definition) is 4. The average molecular weight is 382 g/mol. The van der Waals surface area contributed by atoms with Crippen LogP contribution in [0.1, 0.15) is 0 Å². The molecule has 0 saturated heterocycles. The van der Waals surface area contributed by atoms with Crippen LogP contribution in [-0.2, 0) is 0 Å². The third-order valence-corrected chi connectivity index (χ3v) is 3.99. The maximum atomic E-state index is 6.06. The van der Waals surface area contributed by atoms with Gasteiger partial charge in [0.25, 0.3) is 0 Å². The van der Waals surface area contributed by atoms with Gasteiger partial charge in [0, 0.05) is 0 Å². The number of benzene rings is 4. The van der Waals surface area contributed by atoms with Gasteiger partial charge in [-0.1, -0.05) is 66.7 Å². The molecule has 4 aromatic rings. The molecule has 142 valence electrons.